The zero-order chi connectivity index (χ0) is 21.2. The fourth-order valence-corrected chi connectivity index (χ4v) is 3.08. The van der Waals surface area contributed by atoms with E-state index in [4.69, 9.17) is 14.2 Å². The first-order chi connectivity index (χ1) is 13.8. The Labute approximate surface area is 169 Å². The minimum atomic E-state index is -0.529. The number of carbonyl (C=O) groups excluding carboxylic acids is 2. The van der Waals surface area contributed by atoms with Gasteiger partial charge in [0.25, 0.3) is 5.91 Å². The van der Waals surface area contributed by atoms with E-state index in [9.17, 15) is 9.59 Å². The summed E-state index contributed by atoms with van der Waals surface area (Å²) in [6.07, 6.45) is 0. The molecule has 29 heavy (non-hydrogen) atoms. The van der Waals surface area contributed by atoms with Gasteiger partial charge >= 0.3 is 5.97 Å². The van der Waals surface area contributed by atoms with Crippen molar-refractivity contribution in [1.82, 2.24) is 0 Å². The zero-order valence-electron chi connectivity index (χ0n) is 17.2. The Morgan fingerprint density at radius 3 is 2.48 bits per heavy atom. The van der Waals surface area contributed by atoms with Crippen LogP contribution in [0.2, 0.25) is 0 Å². The van der Waals surface area contributed by atoms with Gasteiger partial charge in [-0.3, -0.25) is 4.79 Å². The standard InChI is InChI=1S/C22H24N2O5/c1-22(2)13-29-19(23-22)15-8-6-7-9-17(15)24(3)20(25)14-10-11-16(21(26)28-5)18(12-14)27-4/h6-12H,13H2,1-5H3. The number of anilines is 1. The third kappa shape index (κ3) is 4.08. The number of carbonyl (C=O) groups is 2. The van der Waals surface area contributed by atoms with Crippen molar-refractivity contribution in [3.8, 4) is 5.75 Å². The maximum Gasteiger partial charge on any atom is 0.341 e. The van der Waals surface area contributed by atoms with Crippen molar-refractivity contribution in [1.29, 1.82) is 0 Å². The molecule has 0 unspecified atom stereocenters. The molecule has 0 spiro atoms. The maximum atomic E-state index is 13.1. The molecule has 1 aliphatic rings. The van der Waals surface area contributed by atoms with Crippen LogP contribution in [0.4, 0.5) is 5.69 Å². The van der Waals surface area contributed by atoms with Gasteiger partial charge in [-0.15, -0.1) is 0 Å². The number of nitrogens with zero attached hydrogens (tertiary/aromatic N) is 2. The fraction of sp³-hybridized carbons (Fsp3) is 0.318. The molecular weight excluding hydrogens is 372 g/mol. The summed E-state index contributed by atoms with van der Waals surface area (Å²) in [7, 11) is 4.41. The minimum Gasteiger partial charge on any atom is -0.496 e. The second-order valence-electron chi connectivity index (χ2n) is 7.31. The van der Waals surface area contributed by atoms with Crippen LogP contribution in [0.3, 0.4) is 0 Å². The average molecular weight is 396 g/mol. The van der Waals surface area contributed by atoms with Gasteiger partial charge in [-0.1, -0.05) is 12.1 Å². The average Bonchev–Trinajstić information content (AvgIpc) is 3.11. The molecule has 1 heterocycles. The highest BCUT2D eigenvalue weighted by Gasteiger charge is 2.29. The van der Waals surface area contributed by atoms with Gasteiger partial charge in [-0.25, -0.2) is 9.79 Å². The maximum absolute atomic E-state index is 13.1. The van der Waals surface area contributed by atoms with E-state index in [1.165, 1.54) is 31.3 Å². The van der Waals surface area contributed by atoms with Crippen molar-refractivity contribution in [2.45, 2.75) is 19.4 Å². The number of benzene rings is 2. The van der Waals surface area contributed by atoms with Crippen LogP contribution in [0, 0.1) is 0 Å². The molecular formula is C22H24N2O5. The smallest absolute Gasteiger partial charge is 0.341 e. The van der Waals surface area contributed by atoms with Gasteiger partial charge in [0.2, 0.25) is 5.90 Å². The largest absolute Gasteiger partial charge is 0.496 e. The molecule has 2 aromatic carbocycles. The van der Waals surface area contributed by atoms with E-state index in [0.29, 0.717) is 23.8 Å². The molecule has 0 N–H and O–H groups in total. The monoisotopic (exact) mass is 396 g/mol. The second kappa shape index (κ2) is 7.95. The molecule has 0 radical (unpaired) electrons. The Balaban J connectivity index is 1.95. The van der Waals surface area contributed by atoms with Crippen LogP contribution in [0.25, 0.3) is 0 Å². The van der Waals surface area contributed by atoms with E-state index in [1.807, 2.05) is 38.1 Å². The number of amides is 1. The Bertz CT molecular complexity index is 981. The van der Waals surface area contributed by atoms with E-state index < -0.39 is 5.97 Å². The van der Waals surface area contributed by atoms with Gasteiger partial charge in [0.15, 0.2) is 0 Å². The summed E-state index contributed by atoms with van der Waals surface area (Å²) in [4.78, 5) is 31.1. The summed E-state index contributed by atoms with van der Waals surface area (Å²) < 4.78 is 15.8. The lowest BCUT2D eigenvalue weighted by Crippen LogP contribution is -2.28. The van der Waals surface area contributed by atoms with Crippen LogP contribution in [0.5, 0.6) is 5.75 Å². The van der Waals surface area contributed by atoms with Gasteiger partial charge in [0.1, 0.15) is 17.9 Å². The summed E-state index contributed by atoms with van der Waals surface area (Å²) in [6.45, 7) is 4.47. The van der Waals surface area contributed by atoms with Crippen LogP contribution in [0.15, 0.2) is 47.5 Å². The molecule has 0 aliphatic carbocycles. The molecule has 7 heteroatoms. The highest BCUT2D eigenvalue weighted by molar-refractivity contribution is 6.11. The van der Waals surface area contributed by atoms with Crippen molar-refractivity contribution in [3.63, 3.8) is 0 Å². The lowest BCUT2D eigenvalue weighted by atomic mass is 10.1. The molecule has 152 valence electrons. The Morgan fingerprint density at radius 2 is 1.86 bits per heavy atom. The highest BCUT2D eigenvalue weighted by Crippen LogP contribution is 2.28. The number of aliphatic imine (C=N–C) groups is 1. The number of esters is 1. The van der Waals surface area contributed by atoms with E-state index in [-0.39, 0.29) is 22.8 Å². The van der Waals surface area contributed by atoms with Crippen LogP contribution >= 0.6 is 0 Å². The molecule has 3 rings (SSSR count). The first kappa shape index (κ1) is 20.4. The normalized spacial score (nSPS) is 14.6. The summed E-state index contributed by atoms with van der Waals surface area (Å²) >= 11 is 0. The number of methoxy groups -OCH3 is 2. The summed E-state index contributed by atoms with van der Waals surface area (Å²) in [6, 6.07) is 12.1. The molecule has 0 bridgehead atoms. The van der Waals surface area contributed by atoms with Crippen LogP contribution in [-0.4, -0.2) is 51.2 Å². The lowest BCUT2D eigenvalue weighted by molar-refractivity contribution is 0.0596. The number of ether oxygens (including phenoxy) is 3. The molecule has 7 nitrogen and oxygen atoms in total. The number of hydrogen-bond acceptors (Lipinski definition) is 6. The predicted molar refractivity (Wildman–Crippen MR) is 110 cm³/mol. The SMILES string of the molecule is COC(=O)c1ccc(C(=O)N(C)c2ccccc2C2=NC(C)(C)CO2)cc1OC. The number of rotatable bonds is 5. The van der Waals surface area contributed by atoms with Crippen LogP contribution in [-0.2, 0) is 9.47 Å². The van der Waals surface area contributed by atoms with Gasteiger partial charge in [0.05, 0.1) is 31.0 Å². The molecule has 1 amide bonds. The molecule has 0 saturated carbocycles. The van der Waals surface area contributed by atoms with Gasteiger partial charge in [-0.2, -0.15) is 0 Å². The third-order valence-electron chi connectivity index (χ3n) is 4.62. The fourth-order valence-electron chi connectivity index (χ4n) is 3.08. The lowest BCUT2D eigenvalue weighted by Gasteiger charge is -2.21. The van der Waals surface area contributed by atoms with Crippen molar-refractivity contribution in [2.75, 3.05) is 32.8 Å². The molecule has 0 aromatic heterocycles. The topological polar surface area (TPSA) is 77.4 Å². The summed E-state index contributed by atoms with van der Waals surface area (Å²) in [5.74, 6) is 0.00193. The molecule has 2 aromatic rings. The van der Waals surface area contributed by atoms with E-state index >= 15 is 0 Å². The molecule has 1 aliphatic heterocycles. The number of para-hydroxylation sites is 1. The van der Waals surface area contributed by atoms with Gasteiger partial charge in [0, 0.05) is 12.6 Å². The molecule has 0 fully saturated rings. The first-order valence-electron chi connectivity index (χ1n) is 9.14. The number of hydrogen-bond donors (Lipinski definition) is 0. The second-order valence-corrected chi connectivity index (χ2v) is 7.31. The molecule has 0 atom stereocenters. The first-order valence-corrected chi connectivity index (χ1v) is 9.14. The molecule has 0 saturated heterocycles. The van der Waals surface area contributed by atoms with Gasteiger partial charge < -0.3 is 19.1 Å². The zero-order valence-corrected chi connectivity index (χ0v) is 17.2. The van der Waals surface area contributed by atoms with Crippen molar-refractivity contribution < 1.29 is 23.8 Å². The van der Waals surface area contributed by atoms with Gasteiger partial charge in [-0.05, 0) is 44.2 Å². The van der Waals surface area contributed by atoms with Crippen molar-refractivity contribution in [2.24, 2.45) is 4.99 Å². The predicted octanol–water partition coefficient (Wildman–Crippen LogP) is 3.31. The van der Waals surface area contributed by atoms with E-state index in [1.54, 1.807) is 13.1 Å². The van der Waals surface area contributed by atoms with Crippen LogP contribution < -0.4 is 9.64 Å². The Kier molecular flexibility index (Phi) is 5.59. The third-order valence-corrected chi connectivity index (χ3v) is 4.62. The summed E-state index contributed by atoms with van der Waals surface area (Å²) in [5, 5.41) is 0. The Morgan fingerprint density at radius 1 is 1.14 bits per heavy atom. The van der Waals surface area contributed by atoms with E-state index in [2.05, 4.69) is 4.99 Å². The van der Waals surface area contributed by atoms with Crippen molar-refractivity contribution in [3.05, 3.63) is 59.2 Å². The van der Waals surface area contributed by atoms with E-state index in [0.717, 1.165) is 5.56 Å². The van der Waals surface area contributed by atoms with Crippen molar-refractivity contribution >= 4 is 23.5 Å². The quantitative estimate of drug-likeness (QED) is 0.725. The summed E-state index contributed by atoms with van der Waals surface area (Å²) in [5.41, 5.74) is 1.74. The minimum absolute atomic E-state index is 0.255. The Hall–Kier alpha value is -3.35. The highest BCUT2D eigenvalue weighted by atomic mass is 16.5. The van der Waals surface area contributed by atoms with Crippen LogP contribution in [0.1, 0.15) is 40.1 Å².